The number of nitrogens with zero attached hydrogens (tertiary/aromatic N) is 1. The van der Waals surface area contributed by atoms with E-state index < -0.39 is 0 Å². The van der Waals surface area contributed by atoms with Gasteiger partial charge in [0.05, 0.1) is 6.10 Å². The fraction of sp³-hybridized carbons (Fsp3) is 1.00. The normalized spacial score (nSPS) is 33.6. The summed E-state index contributed by atoms with van der Waals surface area (Å²) < 4.78 is 5.74. The van der Waals surface area contributed by atoms with Crippen molar-refractivity contribution in [2.45, 2.75) is 44.2 Å². The van der Waals surface area contributed by atoms with E-state index in [-0.39, 0.29) is 5.54 Å². The smallest absolute Gasteiger partial charge is 0.0593 e. The Morgan fingerprint density at radius 3 is 2.71 bits per heavy atom. The molecule has 2 atom stereocenters. The molecule has 2 unspecified atom stereocenters. The van der Waals surface area contributed by atoms with Gasteiger partial charge in [-0.3, -0.25) is 0 Å². The summed E-state index contributed by atoms with van der Waals surface area (Å²) in [5.41, 5.74) is 6.08. The number of hydrogen-bond donors (Lipinski definition) is 1. The zero-order valence-corrected chi connectivity index (χ0v) is 9.75. The minimum atomic E-state index is 0.179. The van der Waals surface area contributed by atoms with Crippen molar-refractivity contribution in [2.75, 3.05) is 27.2 Å². The van der Waals surface area contributed by atoms with Crippen molar-refractivity contribution in [1.29, 1.82) is 0 Å². The van der Waals surface area contributed by atoms with Crippen LogP contribution in [-0.2, 0) is 4.74 Å². The van der Waals surface area contributed by atoms with E-state index in [1.165, 1.54) is 6.42 Å². The zero-order valence-electron chi connectivity index (χ0n) is 9.75. The molecule has 0 amide bonds. The standard InChI is InChI=1S/C11H24N2O/c1-4-5-10-8-11(9-12,13(2)3)6-7-14-10/h10H,4-9,12H2,1-3H3. The van der Waals surface area contributed by atoms with Crippen molar-refractivity contribution in [3.63, 3.8) is 0 Å². The van der Waals surface area contributed by atoms with Crippen LogP contribution in [-0.4, -0.2) is 43.8 Å². The molecule has 0 radical (unpaired) electrons. The molecular formula is C11H24N2O. The largest absolute Gasteiger partial charge is 0.378 e. The van der Waals surface area contributed by atoms with E-state index in [2.05, 4.69) is 25.9 Å². The number of ether oxygens (including phenoxy) is 1. The summed E-state index contributed by atoms with van der Waals surface area (Å²) in [5.74, 6) is 0. The average molecular weight is 200 g/mol. The van der Waals surface area contributed by atoms with Gasteiger partial charge in [0, 0.05) is 18.7 Å². The van der Waals surface area contributed by atoms with Crippen LogP contribution in [0.1, 0.15) is 32.6 Å². The van der Waals surface area contributed by atoms with Gasteiger partial charge in [-0.15, -0.1) is 0 Å². The van der Waals surface area contributed by atoms with E-state index in [1.807, 2.05) is 0 Å². The minimum Gasteiger partial charge on any atom is -0.378 e. The first-order chi connectivity index (χ1) is 6.64. The van der Waals surface area contributed by atoms with Crippen LogP contribution in [0.2, 0.25) is 0 Å². The number of rotatable bonds is 4. The van der Waals surface area contributed by atoms with Crippen LogP contribution in [0.5, 0.6) is 0 Å². The molecule has 0 aromatic heterocycles. The Morgan fingerprint density at radius 1 is 1.50 bits per heavy atom. The second kappa shape index (κ2) is 5.10. The first-order valence-corrected chi connectivity index (χ1v) is 5.63. The monoisotopic (exact) mass is 200 g/mol. The molecule has 84 valence electrons. The molecule has 0 bridgehead atoms. The third-order valence-corrected chi connectivity index (χ3v) is 3.47. The molecule has 0 spiro atoms. The van der Waals surface area contributed by atoms with E-state index in [4.69, 9.17) is 10.5 Å². The summed E-state index contributed by atoms with van der Waals surface area (Å²) >= 11 is 0. The van der Waals surface area contributed by atoms with Gasteiger partial charge in [-0.05, 0) is 33.4 Å². The fourth-order valence-electron chi connectivity index (χ4n) is 2.28. The van der Waals surface area contributed by atoms with E-state index in [0.717, 1.165) is 32.4 Å². The summed E-state index contributed by atoms with van der Waals surface area (Å²) in [4.78, 5) is 2.28. The Bertz CT molecular complexity index is 171. The molecule has 1 rings (SSSR count). The molecule has 0 aliphatic carbocycles. The lowest BCUT2D eigenvalue weighted by atomic mass is 9.84. The minimum absolute atomic E-state index is 0.179. The topological polar surface area (TPSA) is 38.5 Å². The van der Waals surface area contributed by atoms with E-state index >= 15 is 0 Å². The maximum atomic E-state index is 5.90. The highest BCUT2D eigenvalue weighted by Gasteiger charge is 2.37. The van der Waals surface area contributed by atoms with Gasteiger partial charge in [0.25, 0.3) is 0 Å². The number of nitrogens with two attached hydrogens (primary N) is 1. The van der Waals surface area contributed by atoms with E-state index in [9.17, 15) is 0 Å². The van der Waals surface area contributed by atoms with Gasteiger partial charge in [0.2, 0.25) is 0 Å². The van der Waals surface area contributed by atoms with Crippen molar-refractivity contribution in [3.05, 3.63) is 0 Å². The SMILES string of the molecule is CCCC1CC(CN)(N(C)C)CCO1. The van der Waals surface area contributed by atoms with Crippen LogP contribution in [0, 0.1) is 0 Å². The molecule has 0 aromatic rings. The molecule has 1 heterocycles. The number of likely N-dealkylation sites (N-methyl/N-ethyl adjacent to an activating group) is 1. The Morgan fingerprint density at radius 2 is 2.21 bits per heavy atom. The van der Waals surface area contributed by atoms with Gasteiger partial charge in [0.15, 0.2) is 0 Å². The first-order valence-electron chi connectivity index (χ1n) is 5.63. The lowest BCUT2D eigenvalue weighted by molar-refractivity contribution is -0.0604. The zero-order chi connectivity index (χ0) is 10.6. The Balaban J connectivity index is 2.59. The first kappa shape index (κ1) is 12.0. The van der Waals surface area contributed by atoms with Crippen LogP contribution >= 0.6 is 0 Å². The molecule has 2 N–H and O–H groups in total. The van der Waals surface area contributed by atoms with Gasteiger partial charge < -0.3 is 15.4 Å². The van der Waals surface area contributed by atoms with Crippen LogP contribution in [0.3, 0.4) is 0 Å². The van der Waals surface area contributed by atoms with Gasteiger partial charge in [-0.2, -0.15) is 0 Å². The predicted octanol–water partition coefficient (Wildman–Crippen LogP) is 1.22. The Hall–Kier alpha value is -0.120. The highest BCUT2D eigenvalue weighted by atomic mass is 16.5. The molecule has 3 nitrogen and oxygen atoms in total. The lowest BCUT2D eigenvalue weighted by Crippen LogP contribution is -2.55. The van der Waals surface area contributed by atoms with Crippen molar-refractivity contribution in [1.82, 2.24) is 4.90 Å². The van der Waals surface area contributed by atoms with Gasteiger partial charge in [-0.25, -0.2) is 0 Å². The number of hydrogen-bond acceptors (Lipinski definition) is 3. The molecule has 1 saturated heterocycles. The summed E-state index contributed by atoms with van der Waals surface area (Å²) in [7, 11) is 4.25. The van der Waals surface area contributed by atoms with Crippen LogP contribution < -0.4 is 5.73 Å². The Kier molecular flexibility index (Phi) is 4.35. The molecule has 1 aliphatic heterocycles. The van der Waals surface area contributed by atoms with Crippen LogP contribution in [0.15, 0.2) is 0 Å². The third kappa shape index (κ3) is 2.47. The Labute approximate surface area is 87.6 Å². The van der Waals surface area contributed by atoms with Gasteiger partial charge in [-0.1, -0.05) is 13.3 Å². The average Bonchev–Trinajstić information content (AvgIpc) is 2.18. The molecule has 1 aliphatic rings. The van der Waals surface area contributed by atoms with Crippen molar-refractivity contribution in [3.8, 4) is 0 Å². The molecule has 0 saturated carbocycles. The van der Waals surface area contributed by atoms with E-state index in [1.54, 1.807) is 0 Å². The highest BCUT2D eigenvalue weighted by Crippen LogP contribution is 2.30. The summed E-state index contributed by atoms with van der Waals surface area (Å²) in [5, 5.41) is 0. The van der Waals surface area contributed by atoms with Crippen LogP contribution in [0.25, 0.3) is 0 Å². The fourth-order valence-corrected chi connectivity index (χ4v) is 2.28. The maximum absolute atomic E-state index is 5.90. The molecule has 0 aromatic carbocycles. The van der Waals surface area contributed by atoms with Crippen molar-refractivity contribution in [2.24, 2.45) is 5.73 Å². The molecule has 14 heavy (non-hydrogen) atoms. The quantitative estimate of drug-likeness (QED) is 0.741. The maximum Gasteiger partial charge on any atom is 0.0593 e. The van der Waals surface area contributed by atoms with Gasteiger partial charge in [0.1, 0.15) is 0 Å². The lowest BCUT2D eigenvalue weighted by Gasteiger charge is -2.45. The second-order valence-electron chi connectivity index (χ2n) is 4.56. The molecule has 3 heteroatoms. The van der Waals surface area contributed by atoms with Crippen LogP contribution in [0.4, 0.5) is 0 Å². The molecule has 1 fully saturated rings. The second-order valence-corrected chi connectivity index (χ2v) is 4.56. The summed E-state index contributed by atoms with van der Waals surface area (Å²) in [6, 6.07) is 0. The van der Waals surface area contributed by atoms with Crippen molar-refractivity contribution < 1.29 is 4.74 Å². The predicted molar refractivity (Wildman–Crippen MR) is 59.4 cm³/mol. The third-order valence-electron chi connectivity index (χ3n) is 3.47. The highest BCUT2D eigenvalue weighted by molar-refractivity contribution is 4.94. The van der Waals surface area contributed by atoms with Gasteiger partial charge >= 0.3 is 0 Å². The molecular weight excluding hydrogens is 176 g/mol. The summed E-state index contributed by atoms with van der Waals surface area (Å²) in [6.07, 6.45) is 4.93. The van der Waals surface area contributed by atoms with E-state index in [0.29, 0.717) is 6.10 Å². The summed E-state index contributed by atoms with van der Waals surface area (Å²) in [6.45, 7) is 3.81. The van der Waals surface area contributed by atoms with Crippen molar-refractivity contribution >= 4 is 0 Å².